The molecule has 116 valence electrons. The molecule has 0 radical (unpaired) electrons. The molecule has 0 unspecified atom stereocenters. The monoisotopic (exact) mass is 327 g/mol. The summed E-state index contributed by atoms with van der Waals surface area (Å²) in [7, 11) is 1.56. The summed E-state index contributed by atoms with van der Waals surface area (Å²) in [6, 6.07) is 7.40. The quantitative estimate of drug-likeness (QED) is 0.792. The van der Waals surface area contributed by atoms with E-state index in [1.54, 1.807) is 31.8 Å². The van der Waals surface area contributed by atoms with Crippen LogP contribution in [0.3, 0.4) is 0 Å². The predicted octanol–water partition coefficient (Wildman–Crippen LogP) is 2.77. The van der Waals surface area contributed by atoms with Crippen LogP contribution in [0, 0.1) is 0 Å². The molecular weight excluding hydrogens is 314 g/mol. The lowest BCUT2D eigenvalue weighted by Gasteiger charge is -2.09. The number of anilines is 1. The Labute approximate surface area is 138 Å². The molecule has 0 atom stereocenters. The second kappa shape index (κ2) is 6.58. The zero-order valence-electron chi connectivity index (χ0n) is 12.4. The first-order chi connectivity index (χ1) is 11.2. The number of rotatable bonds is 4. The van der Waals surface area contributed by atoms with Crippen molar-refractivity contribution in [2.45, 2.75) is 6.42 Å². The van der Waals surface area contributed by atoms with Crippen LogP contribution in [0.2, 0.25) is 5.02 Å². The number of benzene rings is 1. The maximum atomic E-state index is 6.06. The maximum absolute atomic E-state index is 6.06. The van der Waals surface area contributed by atoms with E-state index in [-0.39, 0.29) is 5.95 Å². The smallest absolute Gasteiger partial charge is 0.240 e. The highest BCUT2D eigenvalue weighted by atomic mass is 35.5. The summed E-state index contributed by atoms with van der Waals surface area (Å²) >= 11 is 6.06. The van der Waals surface area contributed by atoms with Gasteiger partial charge in [-0.3, -0.25) is 0 Å². The van der Waals surface area contributed by atoms with E-state index >= 15 is 0 Å². The number of aromatic nitrogens is 4. The molecule has 6 nitrogen and oxygen atoms in total. The summed E-state index contributed by atoms with van der Waals surface area (Å²) < 4.78 is 5.30. The SMILES string of the molecule is COc1ncc(Cc2cnc(N)nc2)nc1-c1cccc(Cl)c1. The molecule has 0 fully saturated rings. The molecule has 0 aliphatic heterocycles. The van der Waals surface area contributed by atoms with E-state index in [9.17, 15) is 0 Å². The van der Waals surface area contributed by atoms with Gasteiger partial charge in [0, 0.05) is 29.4 Å². The number of hydrogen-bond donors (Lipinski definition) is 1. The fourth-order valence-electron chi connectivity index (χ4n) is 2.14. The van der Waals surface area contributed by atoms with Crippen LogP contribution in [-0.4, -0.2) is 27.0 Å². The van der Waals surface area contributed by atoms with Crippen molar-refractivity contribution in [1.29, 1.82) is 0 Å². The van der Waals surface area contributed by atoms with E-state index in [1.807, 2.05) is 18.2 Å². The molecule has 2 heterocycles. The number of methoxy groups -OCH3 is 1. The van der Waals surface area contributed by atoms with Crippen molar-refractivity contribution in [3.05, 3.63) is 59.1 Å². The minimum atomic E-state index is 0.245. The number of nitrogens with two attached hydrogens (primary N) is 1. The largest absolute Gasteiger partial charge is 0.479 e. The lowest BCUT2D eigenvalue weighted by atomic mass is 10.1. The van der Waals surface area contributed by atoms with Crippen LogP contribution in [0.15, 0.2) is 42.9 Å². The van der Waals surface area contributed by atoms with Gasteiger partial charge in [0.25, 0.3) is 0 Å². The zero-order valence-corrected chi connectivity index (χ0v) is 13.2. The zero-order chi connectivity index (χ0) is 16.2. The molecule has 3 rings (SSSR count). The highest BCUT2D eigenvalue weighted by Gasteiger charge is 2.12. The highest BCUT2D eigenvalue weighted by Crippen LogP contribution is 2.28. The minimum absolute atomic E-state index is 0.245. The molecule has 0 aliphatic carbocycles. The van der Waals surface area contributed by atoms with Crippen LogP contribution in [0.5, 0.6) is 5.88 Å². The average Bonchev–Trinajstić information content (AvgIpc) is 2.57. The molecule has 0 saturated carbocycles. The van der Waals surface area contributed by atoms with Crippen molar-refractivity contribution >= 4 is 17.5 Å². The maximum Gasteiger partial charge on any atom is 0.240 e. The molecule has 0 aliphatic rings. The van der Waals surface area contributed by atoms with Crippen LogP contribution in [0.4, 0.5) is 5.95 Å². The Bertz CT molecular complexity index is 823. The molecule has 2 aromatic heterocycles. The first-order valence-electron chi connectivity index (χ1n) is 6.88. The van der Waals surface area contributed by atoms with E-state index in [4.69, 9.17) is 22.1 Å². The van der Waals surface area contributed by atoms with Crippen LogP contribution in [0.25, 0.3) is 11.3 Å². The Hall–Kier alpha value is -2.73. The van der Waals surface area contributed by atoms with Gasteiger partial charge in [-0.25, -0.2) is 19.9 Å². The predicted molar refractivity (Wildman–Crippen MR) is 88.3 cm³/mol. The average molecular weight is 328 g/mol. The van der Waals surface area contributed by atoms with Crippen molar-refractivity contribution in [3.8, 4) is 17.1 Å². The summed E-state index contributed by atoms with van der Waals surface area (Å²) in [6.45, 7) is 0. The summed E-state index contributed by atoms with van der Waals surface area (Å²) in [6.07, 6.45) is 5.56. The molecule has 3 aromatic rings. The molecule has 1 aromatic carbocycles. The molecule has 7 heteroatoms. The van der Waals surface area contributed by atoms with Gasteiger partial charge >= 0.3 is 0 Å². The van der Waals surface area contributed by atoms with E-state index < -0.39 is 0 Å². The second-order valence-corrected chi connectivity index (χ2v) is 5.29. The van der Waals surface area contributed by atoms with Gasteiger partial charge in [-0.1, -0.05) is 23.7 Å². The fourth-order valence-corrected chi connectivity index (χ4v) is 2.33. The topological polar surface area (TPSA) is 86.8 Å². The van der Waals surface area contributed by atoms with Gasteiger partial charge in [0.1, 0.15) is 5.69 Å². The Kier molecular flexibility index (Phi) is 4.34. The van der Waals surface area contributed by atoms with Gasteiger partial charge in [-0.2, -0.15) is 0 Å². The lowest BCUT2D eigenvalue weighted by Crippen LogP contribution is -2.01. The third-order valence-corrected chi connectivity index (χ3v) is 3.43. The number of hydrogen-bond acceptors (Lipinski definition) is 6. The van der Waals surface area contributed by atoms with Crippen molar-refractivity contribution in [2.75, 3.05) is 12.8 Å². The van der Waals surface area contributed by atoms with Gasteiger partial charge in [-0.05, 0) is 17.7 Å². The van der Waals surface area contributed by atoms with E-state index in [0.717, 1.165) is 16.8 Å². The summed E-state index contributed by atoms with van der Waals surface area (Å²) in [4.78, 5) is 16.9. The normalized spacial score (nSPS) is 10.5. The Morgan fingerprint density at radius 3 is 2.61 bits per heavy atom. The first kappa shape index (κ1) is 15.2. The third-order valence-electron chi connectivity index (χ3n) is 3.19. The molecule has 0 amide bonds. The van der Waals surface area contributed by atoms with Crippen molar-refractivity contribution in [3.63, 3.8) is 0 Å². The van der Waals surface area contributed by atoms with Gasteiger partial charge in [0.15, 0.2) is 0 Å². The molecular formula is C16H14ClN5O. The van der Waals surface area contributed by atoms with Gasteiger partial charge in [-0.15, -0.1) is 0 Å². The third kappa shape index (κ3) is 3.54. The van der Waals surface area contributed by atoms with Gasteiger partial charge < -0.3 is 10.5 Å². The summed E-state index contributed by atoms with van der Waals surface area (Å²) in [5, 5.41) is 0.628. The summed E-state index contributed by atoms with van der Waals surface area (Å²) in [5.41, 5.74) is 8.65. The van der Waals surface area contributed by atoms with Crippen molar-refractivity contribution < 1.29 is 4.74 Å². The minimum Gasteiger partial charge on any atom is -0.479 e. The Morgan fingerprint density at radius 2 is 1.91 bits per heavy atom. The van der Waals surface area contributed by atoms with E-state index in [0.29, 0.717) is 23.0 Å². The van der Waals surface area contributed by atoms with E-state index in [1.165, 1.54) is 0 Å². The Morgan fingerprint density at radius 1 is 1.13 bits per heavy atom. The first-order valence-corrected chi connectivity index (χ1v) is 7.26. The number of ether oxygens (including phenoxy) is 1. The standard InChI is InChI=1S/C16H14ClN5O/c1-23-15-14(11-3-2-4-12(17)6-11)22-13(9-19-15)5-10-7-20-16(18)21-8-10/h2-4,6-9H,5H2,1H3,(H2,18,20,21). The second-order valence-electron chi connectivity index (χ2n) is 4.86. The van der Waals surface area contributed by atoms with Gasteiger partial charge in [0.05, 0.1) is 19.0 Å². The van der Waals surface area contributed by atoms with Crippen LogP contribution in [0.1, 0.15) is 11.3 Å². The van der Waals surface area contributed by atoms with Crippen LogP contribution in [-0.2, 0) is 6.42 Å². The van der Waals surface area contributed by atoms with Crippen LogP contribution >= 0.6 is 11.6 Å². The molecule has 0 spiro atoms. The number of nitrogens with zero attached hydrogens (tertiary/aromatic N) is 4. The van der Waals surface area contributed by atoms with Crippen molar-refractivity contribution in [1.82, 2.24) is 19.9 Å². The Balaban J connectivity index is 1.97. The summed E-state index contributed by atoms with van der Waals surface area (Å²) in [5.74, 6) is 0.693. The lowest BCUT2D eigenvalue weighted by molar-refractivity contribution is 0.397. The van der Waals surface area contributed by atoms with Crippen LogP contribution < -0.4 is 10.5 Å². The highest BCUT2D eigenvalue weighted by molar-refractivity contribution is 6.30. The number of halogens is 1. The van der Waals surface area contributed by atoms with Gasteiger partial charge in [0.2, 0.25) is 11.8 Å². The fraction of sp³-hybridized carbons (Fsp3) is 0.125. The molecule has 0 bridgehead atoms. The number of nitrogen functional groups attached to an aromatic ring is 1. The molecule has 23 heavy (non-hydrogen) atoms. The molecule has 2 N–H and O–H groups in total. The van der Waals surface area contributed by atoms with Crippen molar-refractivity contribution in [2.24, 2.45) is 0 Å². The van der Waals surface area contributed by atoms with E-state index in [2.05, 4.69) is 19.9 Å². The molecule has 0 saturated heterocycles.